The third kappa shape index (κ3) is 5.24. The topological polar surface area (TPSA) is 81.8 Å². The summed E-state index contributed by atoms with van der Waals surface area (Å²) in [6.07, 6.45) is 0.493. The van der Waals surface area contributed by atoms with E-state index in [9.17, 15) is 23.2 Å². The molecule has 0 radical (unpaired) electrons. The number of hydrogen-bond donors (Lipinski definition) is 2. The molecule has 174 valence electrons. The largest absolute Gasteiger partial charge is 0.322 e. The van der Waals surface area contributed by atoms with Crippen LogP contribution in [0.1, 0.15) is 25.7 Å². The van der Waals surface area contributed by atoms with E-state index in [1.807, 2.05) is 0 Å². The molecule has 33 heavy (non-hydrogen) atoms. The Morgan fingerprint density at radius 2 is 1.82 bits per heavy atom. The van der Waals surface area contributed by atoms with Gasteiger partial charge in [-0.25, -0.2) is 13.6 Å². The number of rotatable bonds is 4. The Hall–Kier alpha value is -3.20. The second kappa shape index (κ2) is 9.74. The van der Waals surface area contributed by atoms with Crippen LogP contribution in [0.15, 0.2) is 42.5 Å². The predicted molar refractivity (Wildman–Crippen MR) is 122 cm³/mol. The van der Waals surface area contributed by atoms with E-state index in [1.165, 1.54) is 17.0 Å². The maximum atomic E-state index is 14.7. The monoisotopic (exact) mass is 476 g/mol. The van der Waals surface area contributed by atoms with Gasteiger partial charge in [0.1, 0.15) is 18.0 Å². The van der Waals surface area contributed by atoms with Crippen molar-refractivity contribution in [3.63, 3.8) is 0 Å². The summed E-state index contributed by atoms with van der Waals surface area (Å²) in [6.45, 7) is 0.262. The molecule has 2 aliphatic heterocycles. The molecule has 7 nitrogen and oxygen atoms in total. The van der Waals surface area contributed by atoms with E-state index in [0.29, 0.717) is 29.4 Å². The lowest BCUT2D eigenvalue weighted by Crippen LogP contribution is -2.45. The van der Waals surface area contributed by atoms with Crippen LogP contribution >= 0.6 is 11.6 Å². The molecule has 2 aromatic carbocycles. The van der Waals surface area contributed by atoms with Crippen LogP contribution in [-0.4, -0.2) is 48.0 Å². The van der Waals surface area contributed by atoms with Gasteiger partial charge in [-0.3, -0.25) is 9.59 Å². The number of piperidine rings is 1. The lowest BCUT2D eigenvalue weighted by atomic mass is 10.1. The molecule has 2 unspecified atom stereocenters. The number of nitrogens with one attached hydrogen (secondary N) is 2. The Balaban J connectivity index is 1.44. The van der Waals surface area contributed by atoms with Crippen molar-refractivity contribution >= 4 is 46.5 Å². The van der Waals surface area contributed by atoms with E-state index >= 15 is 0 Å². The molecule has 0 bridgehead atoms. The number of carbonyl (C=O) groups is 3. The van der Waals surface area contributed by atoms with Gasteiger partial charge in [0.15, 0.2) is 0 Å². The highest BCUT2D eigenvalue weighted by atomic mass is 35.5. The molecule has 4 rings (SSSR count). The van der Waals surface area contributed by atoms with Crippen LogP contribution in [-0.2, 0) is 9.59 Å². The van der Waals surface area contributed by atoms with Crippen molar-refractivity contribution in [3.05, 3.63) is 53.3 Å². The SMILES string of the molecule is O=C(Nc1ccc(N2CCCCC2=O)cc1F)C1CC(F)CN1C(=O)Nc1ccc(Cl)cc1. The van der Waals surface area contributed by atoms with Crippen LogP contribution in [0.25, 0.3) is 0 Å². The molecular weight excluding hydrogens is 454 g/mol. The first-order valence-corrected chi connectivity index (χ1v) is 11.1. The fourth-order valence-corrected chi connectivity index (χ4v) is 4.18. The molecule has 0 aromatic heterocycles. The summed E-state index contributed by atoms with van der Waals surface area (Å²) < 4.78 is 28.8. The van der Waals surface area contributed by atoms with Crippen LogP contribution < -0.4 is 15.5 Å². The zero-order chi connectivity index (χ0) is 23.5. The van der Waals surface area contributed by atoms with Gasteiger partial charge in [-0.1, -0.05) is 11.6 Å². The summed E-state index contributed by atoms with van der Waals surface area (Å²) in [5.41, 5.74) is 0.761. The number of anilines is 3. The smallest absolute Gasteiger partial charge is 0.322 e. The molecule has 0 aliphatic carbocycles. The second-order valence-electron chi connectivity index (χ2n) is 8.09. The first kappa shape index (κ1) is 23.0. The maximum Gasteiger partial charge on any atom is 0.322 e. The van der Waals surface area contributed by atoms with E-state index in [0.717, 1.165) is 17.7 Å². The lowest BCUT2D eigenvalue weighted by Gasteiger charge is -2.27. The first-order chi connectivity index (χ1) is 15.8. The number of amides is 4. The number of alkyl halides is 1. The second-order valence-corrected chi connectivity index (χ2v) is 8.53. The zero-order valence-electron chi connectivity index (χ0n) is 17.7. The average molecular weight is 477 g/mol. The number of urea groups is 1. The highest BCUT2D eigenvalue weighted by molar-refractivity contribution is 6.30. The minimum absolute atomic E-state index is 0.0697. The van der Waals surface area contributed by atoms with Gasteiger partial charge in [-0.05, 0) is 55.3 Å². The quantitative estimate of drug-likeness (QED) is 0.677. The van der Waals surface area contributed by atoms with Gasteiger partial charge in [0.05, 0.1) is 12.2 Å². The number of halogens is 3. The minimum Gasteiger partial charge on any atom is -0.322 e. The van der Waals surface area contributed by atoms with Crippen LogP contribution in [0.2, 0.25) is 5.02 Å². The third-order valence-electron chi connectivity index (χ3n) is 5.75. The highest BCUT2D eigenvalue weighted by Crippen LogP contribution is 2.27. The molecule has 4 amide bonds. The van der Waals surface area contributed by atoms with Gasteiger partial charge in [0, 0.05) is 35.8 Å². The van der Waals surface area contributed by atoms with Crippen molar-refractivity contribution in [3.8, 4) is 0 Å². The number of hydrogen-bond acceptors (Lipinski definition) is 3. The number of benzene rings is 2. The van der Waals surface area contributed by atoms with Crippen LogP contribution in [0.5, 0.6) is 0 Å². The number of nitrogens with zero attached hydrogens (tertiary/aromatic N) is 2. The van der Waals surface area contributed by atoms with Crippen LogP contribution in [0, 0.1) is 5.82 Å². The van der Waals surface area contributed by atoms with Gasteiger partial charge >= 0.3 is 6.03 Å². The van der Waals surface area contributed by atoms with Gasteiger partial charge < -0.3 is 20.4 Å². The Bertz CT molecular complexity index is 1070. The maximum absolute atomic E-state index is 14.7. The van der Waals surface area contributed by atoms with Crippen molar-refractivity contribution in [1.82, 2.24) is 4.90 Å². The molecule has 2 N–H and O–H groups in total. The molecule has 2 aromatic rings. The molecule has 2 aliphatic rings. The predicted octanol–water partition coefficient (Wildman–Crippen LogP) is 4.58. The molecule has 2 fully saturated rings. The molecule has 10 heteroatoms. The van der Waals surface area contributed by atoms with Crippen molar-refractivity contribution in [2.45, 2.75) is 37.9 Å². The first-order valence-electron chi connectivity index (χ1n) is 10.7. The van der Waals surface area contributed by atoms with Gasteiger partial charge in [0.2, 0.25) is 11.8 Å². The summed E-state index contributed by atoms with van der Waals surface area (Å²) in [6, 6.07) is 8.72. The van der Waals surface area contributed by atoms with Crippen LogP contribution in [0.3, 0.4) is 0 Å². The Kier molecular flexibility index (Phi) is 6.78. The van der Waals surface area contributed by atoms with E-state index in [4.69, 9.17) is 11.6 Å². The number of likely N-dealkylation sites (tertiary alicyclic amines) is 1. The van der Waals surface area contributed by atoms with Crippen molar-refractivity contribution in [2.75, 3.05) is 28.6 Å². The summed E-state index contributed by atoms with van der Waals surface area (Å²) in [7, 11) is 0. The molecule has 2 saturated heterocycles. The average Bonchev–Trinajstić information content (AvgIpc) is 3.19. The van der Waals surface area contributed by atoms with Crippen molar-refractivity contribution in [1.29, 1.82) is 0 Å². The molecule has 2 atom stereocenters. The highest BCUT2D eigenvalue weighted by Gasteiger charge is 2.40. The number of carbonyl (C=O) groups excluding carboxylic acids is 3. The molecule has 0 saturated carbocycles. The summed E-state index contributed by atoms with van der Waals surface area (Å²) in [5, 5.41) is 5.55. The molecule has 2 heterocycles. The fourth-order valence-electron chi connectivity index (χ4n) is 4.05. The van der Waals surface area contributed by atoms with Crippen LogP contribution in [0.4, 0.5) is 30.6 Å². The summed E-state index contributed by atoms with van der Waals surface area (Å²) >= 11 is 5.83. The van der Waals surface area contributed by atoms with Gasteiger partial charge in [0.25, 0.3) is 0 Å². The van der Waals surface area contributed by atoms with Crippen molar-refractivity contribution < 1.29 is 23.2 Å². The van der Waals surface area contributed by atoms with Gasteiger partial charge in [-0.15, -0.1) is 0 Å². The van der Waals surface area contributed by atoms with E-state index in [2.05, 4.69) is 10.6 Å². The lowest BCUT2D eigenvalue weighted by molar-refractivity contribution is -0.120. The van der Waals surface area contributed by atoms with Crippen molar-refractivity contribution in [2.24, 2.45) is 0 Å². The van der Waals surface area contributed by atoms with E-state index in [1.54, 1.807) is 30.3 Å². The zero-order valence-corrected chi connectivity index (χ0v) is 18.4. The summed E-state index contributed by atoms with van der Waals surface area (Å²) in [4.78, 5) is 40.1. The Morgan fingerprint density at radius 3 is 2.52 bits per heavy atom. The Morgan fingerprint density at radius 1 is 1.06 bits per heavy atom. The third-order valence-corrected chi connectivity index (χ3v) is 6.01. The van der Waals surface area contributed by atoms with E-state index in [-0.39, 0.29) is 24.6 Å². The molecule has 0 spiro atoms. The van der Waals surface area contributed by atoms with Gasteiger partial charge in [-0.2, -0.15) is 0 Å². The minimum atomic E-state index is -1.38. The summed E-state index contributed by atoms with van der Waals surface area (Å²) in [5.74, 6) is -1.48. The normalized spacial score (nSPS) is 20.6. The standard InChI is InChI=1S/C23H23ClF2N4O3/c24-14-4-6-16(7-5-14)27-23(33)30-13-15(25)11-20(30)22(32)28-19-9-8-17(12-18(19)26)29-10-2-1-3-21(29)31/h4-9,12,15,20H,1-3,10-11,13H2,(H,27,33)(H,28,32). The Labute approximate surface area is 194 Å². The van der Waals surface area contributed by atoms with E-state index < -0.39 is 30.0 Å². The molecular formula is C23H23ClF2N4O3. The fraction of sp³-hybridized carbons (Fsp3) is 0.348.